The topological polar surface area (TPSA) is 85.2 Å². The number of hydrogen-bond donors (Lipinski definition) is 3. The lowest BCUT2D eigenvalue weighted by molar-refractivity contribution is 0.238. The highest BCUT2D eigenvalue weighted by molar-refractivity contribution is 5.89. The van der Waals surface area contributed by atoms with Crippen LogP contribution in [0.2, 0.25) is 0 Å². The molecular weight excluding hydrogens is 242 g/mol. The first kappa shape index (κ1) is 13.1. The van der Waals surface area contributed by atoms with Crippen LogP contribution in [-0.4, -0.2) is 23.8 Å². The van der Waals surface area contributed by atoms with Gasteiger partial charge in [-0.2, -0.15) is 5.26 Å². The Morgan fingerprint density at radius 1 is 1.37 bits per heavy atom. The van der Waals surface area contributed by atoms with Gasteiger partial charge in [-0.15, -0.1) is 0 Å². The maximum Gasteiger partial charge on any atom is 0.319 e. The molecule has 0 saturated heterocycles. The van der Waals surface area contributed by atoms with Crippen molar-refractivity contribution in [2.45, 2.75) is 12.5 Å². The second kappa shape index (κ2) is 6.03. The molecule has 98 valence electrons. The molecule has 0 fully saturated rings. The van der Waals surface area contributed by atoms with Gasteiger partial charge in [-0.3, -0.25) is 0 Å². The number of nitrogens with one attached hydrogen (secondary N) is 2. The Bertz CT molecular complexity index is 516. The van der Waals surface area contributed by atoms with Gasteiger partial charge in [0.25, 0.3) is 0 Å². The van der Waals surface area contributed by atoms with E-state index in [1.165, 1.54) is 0 Å². The van der Waals surface area contributed by atoms with Gasteiger partial charge < -0.3 is 15.7 Å². The van der Waals surface area contributed by atoms with Gasteiger partial charge in [0.1, 0.15) is 0 Å². The fourth-order valence-corrected chi connectivity index (χ4v) is 1.98. The van der Waals surface area contributed by atoms with Crippen LogP contribution in [0.15, 0.2) is 36.4 Å². The first-order valence-corrected chi connectivity index (χ1v) is 6.08. The van der Waals surface area contributed by atoms with E-state index >= 15 is 0 Å². The Balaban J connectivity index is 1.84. The molecule has 0 heterocycles. The minimum atomic E-state index is -0.294. The molecule has 5 nitrogen and oxygen atoms in total. The van der Waals surface area contributed by atoms with Gasteiger partial charge in [-0.05, 0) is 30.7 Å². The lowest BCUT2D eigenvalue weighted by Gasteiger charge is -2.13. The molecule has 1 aliphatic rings. The summed E-state index contributed by atoms with van der Waals surface area (Å²) in [6, 6.07) is 8.33. The SMILES string of the molecule is N#Cc1ccc(NC(=O)N[C@@H]2C=C[C@H](CO)C2)cc1. The molecule has 1 aliphatic carbocycles. The van der Waals surface area contributed by atoms with E-state index in [0.717, 1.165) is 6.42 Å². The van der Waals surface area contributed by atoms with Crippen molar-refractivity contribution >= 4 is 11.7 Å². The fourth-order valence-electron chi connectivity index (χ4n) is 1.98. The van der Waals surface area contributed by atoms with Crippen molar-refractivity contribution < 1.29 is 9.90 Å². The number of anilines is 1. The Labute approximate surface area is 111 Å². The van der Waals surface area contributed by atoms with E-state index in [0.29, 0.717) is 11.3 Å². The van der Waals surface area contributed by atoms with E-state index in [1.807, 2.05) is 18.2 Å². The van der Waals surface area contributed by atoms with Gasteiger partial charge in [-0.25, -0.2) is 4.79 Å². The maximum absolute atomic E-state index is 11.7. The number of nitriles is 1. The van der Waals surface area contributed by atoms with Gasteiger partial charge in [0.05, 0.1) is 11.6 Å². The van der Waals surface area contributed by atoms with Crippen molar-refractivity contribution in [3.05, 3.63) is 42.0 Å². The van der Waals surface area contributed by atoms with Gasteiger partial charge in [0.2, 0.25) is 0 Å². The van der Waals surface area contributed by atoms with Crippen molar-refractivity contribution in [2.75, 3.05) is 11.9 Å². The monoisotopic (exact) mass is 257 g/mol. The van der Waals surface area contributed by atoms with Crippen LogP contribution in [0.25, 0.3) is 0 Å². The molecule has 0 saturated carbocycles. The maximum atomic E-state index is 11.7. The number of aliphatic hydroxyl groups is 1. The van der Waals surface area contributed by atoms with E-state index in [2.05, 4.69) is 10.6 Å². The van der Waals surface area contributed by atoms with E-state index in [4.69, 9.17) is 10.4 Å². The summed E-state index contributed by atoms with van der Waals surface area (Å²) in [5, 5.41) is 23.2. The van der Waals surface area contributed by atoms with Crippen molar-refractivity contribution in [3.8, 4) is 6.07 Å². The average Bonchev–Trinajstić information content (AvgIpc) is 2.87. The van der Waals surface area contributed by atoms with E-state index in [-0.39, 0.29) is 24.6 Å². The second-order valence-corrected chi connectivity index (χ2v) is 4.46. The zero-order valence-corrected chi connectivity index (χ0v) is 10.3. The summed E-state index contributed by atoms with van der Waals surface area (Å²) in [4.78, 5) is 11.7. The zero-order chi connectivity index (χ0) is 13.7. The van der Waals surface area contributed by atoms with Gasteiger partial charge in [-0.1, -0.05) is 12.2 Å². The molecule has 0 radical (unpaired) electrons. The molecule has 0 bridgehead atoms. The summed E-state index contributed by atoms with van der Waals surface area (Å²) < 4.78 is 0. The molecule has 3 N–H and O–H groups in total. The average molecular weight is 257 g/mol. The third-order valence-corrected chi connectivity index (χ3v) is 3.00. The summed E-state index contributed by atoms with van der Waals surface area (Å²) in [6.07, 6.45) is 4.52. The van der Waals surface area contributed by atoms with Crippen molar-refractivity contribution in [1.29, 1.82) is 5.26 Å². The van der Waals surface area contributed by atoms with Crippen LogP contribution in [0, 0.1) is 17.2 Å². The van der Waals surface area contributed by atoms with Crippen molar-refractivity contribution in [2.24, 2.45) is 5.92 Å². The van der Waals surface area contributed by atoms with Crippen molar-refractivity contribution in [3.63, 3.8) is 0 Å². The van der Waals surface area contributed by atoms with Gasteiger partial charge >= 0.3 is 6.03 Å². The third kappa shape index (κ3) is 3.57. The van der Waals surface area contributed by atoms with Gasteiger partial charge in [0.15, 0.2) is 0 Å². The highest BCUT2D eigenvalue weighted by atomic mass is 16.3. The Morgan fingerprint density at radius 3 is 2.68 bits per heavy atom. The number of amides is 2. The first-order chi connectivity index (χ1) is 9.21. The third-order valence-electron chi connectivity index (χ3n) is 3.00. The summed E-state index contributed by atoms with van der Waals surface area (Å²) >= 11 is 0. The number of urea groups is 1. The summed E-state index contributed by atoms with van der Waals surface area (Å²) in [5.74, 6) is 0.125. The second-order valence-electron chi connectivity index (χ2n) is 4.46. The van der Waals surface area contributed by atoms with Crippen LogP contribution >= 0.6 is 0 Å². The van der Waals surface area contributed by atoms with Crippen molar-refractivity contribution in [1.82, 2.24) is 5.32 Å². The van der Waals surface area contributed by atoms with E-state index < -0.39 is 0 Å². The largest absolute Gasteiger partial charge is 0.396 e. The molecule has 0 unspecified atom stereocenters. The summed E-state index contributed by atoms with van der Waals surface area (Å²) in [6.45, 7) is 0.103. The quantitative estimate of drug-likeness (QED) is 0.719. The fraction of sp³-hybridized carbons (Fsp3) is 0.286. The Morgan fingerprint density at radius 2 is 2.11 bits per heavy atom. The van der Waals surface area contributed by atoms with Crippen LogP contribution < -0.4 is 10.6 Å². The van der Waals surface area contributed by atoms with Crippen LogP contribution in [0.1, 0.15) is 12.0 Å². The number of carbonyl (C=O) groups excluding carboxylic acids is 1. The Hall–Kier alpha value is -2.32. The normalized spacial score (nSPS) is 20.8. The van der Waals surface area contributed by atoms with Crippen LogP contribution in [0.4, 0.5) is 10.5 Å². The van der Waals surface area contributed by atoms with Crippen LogP contribution in [0.3, 0.4) is 0 Å². The summed E-state index contributed by atoms with van der Waals surface area (Å²) in [7, 11) is 0. The number of nitrogens with zero attached hydrogens (tertiary/aromatic N) is 1. The molecule has 19 heavy (non-hydrogen) atoms. The number of aliphatic hydroxyl groups excluding tert-OH is 1. The highest BCUT2D eigenvalue weighted by Gasteiger charge is 2.19. The molecule has 0 aliphatic heterocycles. The number of rotatable bonds is 3. The van der Waals surface area contributed by atoms with Gasteiger partial charge in [0, 0.05) is 24.3 Å². The zero-order valence-electron chi connectivity index (χ0n) is 10.3. The molecule has 2 rings (SSSR count). The van der Waals surface area contributed by atoms with Crippen LogP contribution in [0.5, 0.6) is 0 Å². The predicted molar refractivity (Wildman–Crippen MR) is 71.4 cm³/mol. The molecule has 2 amide bonds. The molecule has 0 spiro atoms. The molecule has 1 aromatic carbocycles. The molecule has 2 atom stereocenters. The minimum Gasteiger partial charge on any atom is -0.396 e. The molecule has 0 aromatic heterocycles. The lowest BCUT2D eigenvalue weighted by Crippen LogP contribution is -2.36. The van der Waals surface area contributed by atoms with Crippen LogP contribution in [-0.2, 0) is 0 Å². The number of hydrogen-bond acceptors (Lipinski definition) is 3. The highest BCUT2D eigenvalue weighted by Crippen LogP contribution is 2.17. The van der Waals surface area contributed by atoms with E-state index in [9.17, 15) is 4.79 Å². The summed E-state index contributed by atoms with van der Waals surface area (Å²) in [5.41, 5.74) is 1.19. The number of carbonyl (C=O) groups is 1. The first-order valence-electron chi connectivity index (χ1n) is 6.08. The molecule has 5 heteroatoms. The predicted octanol–water partition coefficient (Wildman–Crippen LogP) is 1.62. The number of benzene rings is 1. The minimum absolute atomic E-state index is 0.0458. The standard InChI is InChI=1S/C14H15N3O2/c15-8-10-1-4-12(5-2-10)16-14(19)17-13-6-3-11(7-13)9-18/h1-6,11,13,18H,7,9H2,(H2,16,17,19)/t11-,13+/m0/s1. The smallest absolute Gasteiger partial charge is 0.319 e. The molecular formula is C14H15N3O2. The molecule has 1 aromatic rings. The van der Waals surface area contributed by atoms with E-state index in [1.54, 1.807) is 24.3 Å². The lowest BCUT2D eigenvalue weighted by atomic mass is 10.1. The Kier molecular flexibility index (Phi) is 4.16.